The molecule has 0 spiro atoms. The minimum absolute atomic E-state index is 0.0794. The van der Waals surface area contributed by atoms with Gasteiger partial charge < -0.3 is 9.64 Å². The van der Waals surface area contributed by atoms with E-state index < -0.39 is 10.8 Å². The number of nitro benzene ring substituents is 1. The third kappa shape index (κ3) is 4.51. The molecular formula is C15H18N4O5. The van der Waals surface area contributed by atoms with Gasteiger partial charge in [0.25, 0.3) is 11.6 Å². The van der Waals surface area contributed by atoms with Crippen LogP contribution in [0.25, 0.3) is 0 Å². The largest absolute Gasteiger partial charge is 0.450 e. The second-order valence-electron chi connectivity index (χ2n) is 5.11. The van der Waals surface area contributed by atoms with Gasteiger partial charge in [0.1, 0.15) is 0 Å². The van der Waals surface area contributed by atoms with Gasteiger partial charge in [0.2, 0.25) is 0 Å². The smallest absolute Gasteiger partial charge is 0.409 e. The van der Waals surface area contributed by atoms with Crippen molar-refractivity contribution in [2.45, 2.75) is 19.8 Å². The lowest BCUT2D eigenvalue weighted by atomic mass is 10.1. The Hall–Kier alpha value is -2.97. The van der Waals surface area contributed by atoms with Crippen LogP contribution in [0.1, 0.15) is 30.1 Å². The number of nitrogens with one attached hydrogen (secondary N) is 1. The molecule has 0 bridgehead atoms. The second-order valence-corrected chi connectivity index (χ2v) is 5.11. The summed E-state index contributed by atoms with van der Waals surface area (Å²) in [5.74, 6) is -0.440. The van der Waals surface area contributed by atoms with Gasteiger partial charge in [-0.25, -0.2) is 10.2 Å². The first-order valence-electron chi connectivity index (χ1n) is 7.53. The van der Waals surface area contributed by atoms with Crippen molar-refractivity contribution in [2.75, 3.05) is 19.7 Å². The first-order chi connectivity index (χ1) is 11.5. The molecule has 2 amide bonds. The van der Waals surface area contributed by atoms with Crippen LogP contribution in [0.15, 0.2) is 29.4 Å². The number of benzene rings is 1. The van der Waals surface area contributed by atoms with Gasteiger partial charge in [0.05, 0.1) is 11.5 Å². The minimum Gasteiger partial charge on any atom is -0.450 e. The standard InChI is InChI=1S/C15H18N4O5/c1-2-24-15(21)18-9-7-12(8-10-18)16-17-14(20)11-3-5-13(6-4-11)19(22)23/h3-6H,2,7-10H2,1H3,(H,17,20). The van der Waals surface area contributed by atoms with Crippen LogP contribution in [0.2, 0.25) is 0 Å². The van der Waals surface area contributed by atoms with Crippen LogP contribution in [0, 0.1) is 10.1 Å². The maximum Gasteiger partial charge on any atom is 0.409 e. The van der Waals surface area contributed by atoms with Gasteiger partial charge in [-0.15, -0.1) is 0 Å². The zero-order valence-corrected chi connectivity index (χ0v) is 13.2. The van der Waals surface area contributed by atoms with Crippen LogP contribution in [-0.2, 0) is 4.74 Å². The Bertz CT molecular complexity index is 646. The third-order valence-corrected chi connectivity index (χ3v) is 3.52. The Kier molecular flexibility index (Phi) is 5.83. The number of nitro groups is 1. The summed E-state index contributed by atoms with van der Waals surface area (Å²) in [5.41, 5.74) is 3.42. The van der Waals surface area contributed by atoms with Gasteiger partial charge in [-0.3, -0.25) is 14.9 Å². The van der Waals surface area contributed by atoms with E-state index in [1.807, 2.05) is 0 Å². The first-order valence-corrected chi connectivity index (χ1v) is 7.53. The summed E-state index contributed by atoms with van der Waals surface area (Å²) in [6, 6.07) is 5.27. The van der Waals surface area contributed by atoms with Crippen LogP contribution in [-0.4, -0.2) is 47.2 Å². The Morgan fingerprint density at radius 1 is 1.29 bits per heavy atom. The van der Waals surface area contributed by atoms with E-state index in [2.05, 4.69) is 10.5 Å². The van der Waals surface area contributed by atoms with Crippen LogP contribution < -0.4 is 5.43 Å². The predicted molar refractivity (Wildman–Crippen MR) is 85.8 cm³/mol. The molecule has 1 N–H and O–H groups in total. The van der Waals surface area contributed by atoms with E-state index >= 15 is 0 Å². The molecule has 24 heavy (non-hydrogen) atoms. The van der Waals surface area contributed by atoms with Crippen molar-refractivity contribution in [3.8, 4) is 0 Å². The van der Waals surface area contributed by atoms with Gasteiger partial charge in [-0.1, -0.05) is 0 Å². The number of hydrogen-bond acceptors (Lipinski definition) is 6. The molecule has 2 rings (SSSR count). The van der Waals surface area contributed by atoms with Gasteiger partial charge in [-0.2, -0.15) is 5.10 Å². The van der Waals surface area contributed by atoms with Crippen molar-refractivity contribution in [1.29, 1.82) is 0 Å². The first kappa shape index (κ1) is 17.4. The van der Waals surface area contributed by atoms with Crippen molar-refractivity contribution in [3.63, 3.8) is 0 Å². The molecule has 9 heteroatoms. The van der Waals surface area contributed by atoms with Crippen molar-refractivity contribution in [2.24, 2.45) is 5.10 Å². The molecule has 0 aromatic heterocycles. The maximum atomic E-state index is 12.0. The van der Waals surface area contributed by atoms with Crippen molar-refractivity contribution in [3.05, 3.63) is 39.9 Å². The Morgan fingerprint density at radius 3 is 2.46 bits per heavy atom. The average Bonchev–Trinajstić information content (AvgIpc) is 2.60. The van der Waals surface area contributed by atoms with Crippen LogP contribution in [0.5, 0.6) is 0 Å². The Morgan fingerprint density at radius 2 is 1.92 bits per heavy atom. The summed E-state index contributed by atoms with van der Waals surface area (Å²) in [5, 5.41) is 14.6. The molecule has 1 fully saturated rings. The summed E-state index contributed by atoms with van der Waals surface area (Å²) in [6.07, 6.45) is 0.769. The number of hydrazone groups is 1. The van der Waals surface area contributed by atoms with E-state index in [9.17, 15) is 19.7 Å². The number of rotatable bonds is 4. The van der Waals surface area contributed by atoms with E-state index in [1.54, 1.807) is 11.8 Å². The SMILES string of the molecule is CCOC(=O)N1CCC(=NNC(=O)c2ccc([N+](=O)[O-])cc2)CC1. The number of non-ortho nitro benzene ring substituents is 1. The summed E-state index contributed by atoms with van der Waals surface area (Å²) in [6.45, 7) is 3.07. The minimum atomic E-state index is -0.529. The predicted octanol–water partition coefficient (Wildman–Crippen LogP) is 1.93. The van der Waals surface area contributed by atoms with E-state index in [0.717, 1.165) is 5.71 Å². The van der Waals surface area contributed by atoms with Crippen molar-refractivity contribution < 1.29 is 19.2 Å². The van der Waals surface area contributed by atoms with Crippen LogP contribution in [0.4, 0.5) is 10.5 Å². The number of hydrogen-bond donors (Lipinski definition) is 1. The summed E-state index contributed by atoms with van der Waals surface area (Å²) in [7, 11) is 0. The van der Waals surface area contributed by atoms with E-state index in [4.69, 9.17) is 4.74 Å². The number of nitrogens with zero attached hydrogens (tertiary/aromatic N) is 3. The topological polar surface area (TPSA) is 114 Å². The molecule has 0 radical (unpaired) electrons. The molecule has 1 saturated heterocycles. The average molecular weight is 334 g/mol. The highest BCUT2D eigenvalue weighted by atomic mass is 16.6. The third-order valence-electron chi connectivity index (χ3n) is 3.52. The highest BCUT2D eigenvalue weighted by molar-refractivity contribution is 5.95. The molecule has 1 aliphatic rings. The molecule has 0 unspecified atom stereocenters. The molecule has 1 aromatic rings. The van der Waals surface area contributed by atoms with Crippen LogP contribution >= 0.6 is 0 Å². The second kappa shape index (κ2) is 8.04. The Labute approximate surface area is 138 Å². The van der Waals surface area contributed by atoms with Crippen LogP contribution in [0.3, 0.4) is 0 Å². The number of likely N-dealkylation sites (tertiary alicyclic amines) is 1. The fraction of sp³-hybridized carbons (Fsp3) is 0.400. The van der Waals surface area contributed by atoms with Crippen molar-refractivity contribution in [1.82, 2.24) is 10.3 Å². The normalized spacial score (nSPS) is 14.0. The monoisotopic (exact) mass is 334 g/mol. The number of carbonyl (C=O) groups is 2. The van der Waals surface area contributed by atoms with E-state index in [-0.39, 0.29) is 17.3 Å². The molecule has 128 valence electrons. The highest BCUT2D eigenvalue weighted by Gasteiger charge is 2.20. The number of carbonyl (C=O) groups excluding carboxylic acids is 2. The molecular weight excluding hydrogens is 316 g/mol. The summed E-state index contributed by atoms with van der Waals surface area (Å²) < 4.78 is 4.93. The van der Waals surface area contributed by atoms with E-state index in [0.29, 0.717) is 32.5 Å². The quantitative estimate of drug-likeness (QED) is 0.667. The van der Waals surface area contributed by atoms with Gasteiger partial charge >= 0.3 is 6.09 Å². The van der Waals surface area contributed by atoms with Gasteiger partial charge in [0.15, 0.2) is 0 Å². The number of ether oxygens (including phenoxy) is 1. The molecule has 0 saturated carbocycles. The fourth-order valence-electron chi connectivity index (χ4n) is 2.20. The lowest BCUT2D eigenvalue weighted by molar-refractivity contribution is -0.384. The molecule has 0 atom stereocenters. The highest BCUT2D eigenvalue weighted by Crippen LogP contribution is 2.12. The molecule has 1 heterocycles. The lowest BCUT2D eigenvalue weighted by Crippen LogP contribution is -2.39. The zero-order valence-electron chi connectivity index (χ0n) is 13.2. The fourth-order valence-corrected chi connectivity index (χ4v) is 2.20. The molecule has 0 aliphatic carbocycles. The van der Waals surface area contributed by atoms with Gasteiger partial charge in [0, 0.05) is 49.3 Å². The number of amides is 2. The number of piperidine rings is 1. The molecule has 1 aromatic carbocycles. The summed E-state index contributed by atoms with van der Waals surface area (Å²) >= 11 is 0. The molecule has 1 aliphatic heterocycles. The lowest BCUT2D eigenvalue weighted by Gasteiger charge is -2.26. The Balaban J connectivity index is 1.86. The van der Waals surface area contributed by atoms with E-state index in [1.165, 1.54) is 24.3 Å². The summed E-state index contributed by atoms with van der Waals surface area (Å²) in [4.78, 5) is 35.2. The van der Waals surface area contributed by atoms with Gasteiger partial charge in [-0.05, 0) is 19.1 Å². The zero-order chi connectivity index (χ0) is 17.5. The maximum absolute atomic E-state index is 12.0. The van der Waals surface area contributed by atoms with Crippen molar-refractivity contribution >= 4 is 23.4 Å². The molecule has 9 nitrogen and oxygen atoms in total.